The van der Waals surface area contributed by atoms with Crippen LogP contribution in [0.2, 0.25) is 0 Å². The van der Waals surface area contributed by atoms with Crippen molar-refractivity contribution in [2.45, 2.75) is 51.6 Å². The van der Waals surface area contributed by atoms with E-state index < -0.39 is 0 Å². The molecule has 0 aromatic rings. The highest BCUT2D eigenvalue weighted by atomic mass is 16.2. The minimum atomic E-state index is 0.183. The van der Waals surface area contributed by atoms with Crippen molar-refractivity contribution in [2.24, 2.45) is 0 Å². The number of likely N-dealkylation sites (tertiary alicyclic amines) is 2. The van der Waals surface area contributed by atoms with Crippen LogP contribution in [0.1, 0.15) is 39.5 Å². The van der Waals surface area contributed by atoms with Gasteiger partial charge in [0, 0.05) is 19.1 Å². The zero-order valence-corrected chi connectivity index (χ0v) is 9.91. The topological polar surface area (TPSA) is 23.6 Å². The summed E-state index contributed by atoms with van der Waals surface area (Å²) < 4.78 is 0. The van der Waals surface area contributed by atoms with Gasteiger partial charge < -0.3 is 4.90 Å². The Balaban J connectivity index is 1.99. The average molecular weight is 210 g/mol. The third-order valence-electron chi connectivity index (χ3n) is 3.66. The van der Waals surface area contributed by atoms with E-state index in [1.165, 1.54) is 19.3 Å². The maximum atomic E-state index is 12.2. The third kappa shape index (κ3) is 2.17. The SMILES string of the molecule is CC(C)N1CCCC1C(=O)N1CCCC1. The summed E-state index contributed by atoms with van der Waals surface area (Å²) in [5, 5.41) is 0. The molecule has 86 valence electrons. The summed E-state index contributed by atoms with van der Waals surface area (Å²) in [5.74, 6) is 0.388. The minimum absolute atomic E-state index is 0.183. The van der Waals surface area contributed by atoms with Crippen LogP contribution >= 0.6 is 0 Å². The molecule has 2 fully saturated rings. The van der Waals surface area contributed by atoms with E-state index in [2.05, 4.69) is 23.6 Å². The smallest absolute Gasteiger partial charge is 0.239 e. The molecule has 0 saturated carbocycles. The van der Waals surface area contributed by atoms with Crippen molar-refractivity contribution in [1.82, 2.24) is 9.80 Å². The number of carbonyl (C=O) groups excluding carboxylic acids is 1. The molecular weight excluding hydrogens is 188 g/mol. The minimum Gasteiger partial charge on any atom is -0.341 e. The van der Waals surface area contributed by atoms with Crippen LogP contribution < -0.4 is 0 Å². The summed E-state index contributed by atoms with van der Waals surface area (Å²) in [6.07, 6.45) is 4.64. The largest absolute Gasteiger partial charge is 0.341 e. The lowest BCUT2D eigenvalue weighted by Crippen LogP contribution is -2.47. The highest BCUT2D eigenvalue weighted by Crippen LogP contribution is 2.23. The number of hydrogen-bond acceptors (Lipinski definition) is 2. The molecule has 2 aliphatic rings. The normalized spacial score (nSPS) is 27.9. The third-order valence-corrected chi connectivity index (χ3v) is 3.66. The van der Waals surface area contributed by atoms with E-state index >= 15 is 0 Å². The van der Waals surface area contributed by atoms with Crippen LogP contribution in [-0.4, -0.2) is 47.4 Å². The van der Waals surface area contributed by atoms with Gasteiger partial charge in [-0.25, -0.2) is 0 Å². The van der Waals surface area contributed by atoms with Gasteiger partial charge >= 0.3 is 0 Å². The number of amides is 1. The zero-order valence-electron chi connectivity index (χ0n) is 9.91. The maximum absolute atomic E-state index is 12.2. The van der Waals surface area contributed by atoms with Gasteiger partial charge in [-0.3, -0.25) is 9.69 Å². The molecule has 1 amide bonds. The highest BCUT2D eigenvalue weighted by Gasteiger charge is 2.35. The molecule has 0 spiro atoms. The lowest BCUT2D eigenvalue weighted by molar-refractivity contribution is -0.135. The predicted octanol–water partition coefficient (Wildman–Crippen LogP) is 1.48. The molecule has 0 bridgehead atoms. The van der Waals surface area contributed by atoms with Gasteiger partial charge in [-0.2, -0.15) is 0 Å². The van der Waals surface area contributed by atoms with Crippen molar-refractivity contribution >= 4 is 5.91 Å². The van der Waals surface area contributed by atoms with Gasteiger partial charge in [-0.1, -0.05) is 0 Å². The summed E-state index contributed by atoms with van der Waals surface area (Å²) in [6.45, 7) is 7.45. The van der Waals surface area contributed by atoms with Crippen LogP contribution in [0.4, 0.5) is 0 Å². The maximum Gasteiger partial charge on any atom is 0.239 e. The molecule has 15 heavy (non-hydrogen) atoms. The number of hydrogen-bond donors (Lipinski definition) is 0. The second-order valence-electron chi connectivity index (χ2n) is 5.02. The predicted molar refractivity (Wildman–Crippen MR) is 60.7 cm³/mol. The van der Waals surface area contributed by atoms with E-state index in [9.17, 15) is 4.79 Å². The van der Waals surface area contributed by atoms with Gasteiger partial charge in [0.25, 0.3) is 0 Å². The Labute approximate surface area is 92.4 Å². The van der Waals surface area contributed by atoms with Crippen LogP contribution in [0.5, 0.6) is 0 Å². The lowest BCUT2D eigenvalue weighted by atomic mass is 10.1. The Bertz CT molecular complexity index is 234. The first-order valence-corrected chi connectivity index (χ1v) is 6.24. The second-order valence-corrected chi connectivity index (χ2v) is 5.02. The Hall–Kier alpha value is -0.570. The molecule has 0 N–H and O–H groups in total. The first-order valence-electron chi connectivity index (χ1n) is 6.24. The Morgan fingerprint density at radius 2 is 1.80 bits per heavy atom. The molecule has 2 aliphatic heterocycles. The molecule has 0 aromatic carbocycles. The van der Waals surface area contributed by atoms with Crippen LogP contribution in [0.25, 0.3) is 0 Å². The van der Waals surface area contributed by atoms with Crippen molar-refractivity contribution in [2.75, 3.05) is 19.6 Å². The van der Waals surface area contributed by atoms with Crippen molar-refractivity contribution < 1.29 is 4.79 Å². The van der Waals surface area contributed by atoms with Gasteiger partial charge in [0.05, 0.1) is 6.04 Å². The van der Waals surface area contributed by atoms with Crippen LogP contribution in [-0.2, 0) is 4.79 Å². The van der Waals surface area contributed by atoms with Gasteiger partial charge in [-0.15, -0.1) is 0 Å². The molecule has 3 heteroatoms. The van der Waals surface area contributed by atoms with E-state index in [1.807, 2.05) is 0 Å². The zero-order chi connectivity index (χ0) is 10.8. The molecule has 0 radical (unpaired) electrons. The number of nitrogens with zero attached hydrogens (tertiary/aromatic N) is 2. The van der Waals surface area contributed by atoms with Gasteiger partial charge in [0.1, 0.15) is 0 Å². The fraction of sp³-hybridized carbons (Fsp3) is 0.917. The molecule has 2 rings (SSSR count). The molecular formula is C12H22N2O. The number of rotatable bonds is 2. The Morgan fingerprint density at radius 3 is 2.40 bits per heavy atom. The molecule has 0 aromatic heterocycles. The molecule has 1 atom stereocenters. The molecule has 2 saturated heterocycles. The van der Waals surface area contributed by atoms with E-state index in [0.717, 1.165) is 26.1 Å². The highest BCUT2D eigenvalue weighted by molar-refractivity contribution is 5.82. The second kappa shape index (κ2) is 4.52. The van der Waals surface area contributed by atoms with Gasteiger partial charge in [-0.05, 0) is 46.1 Å². The van der Waals surface area contributed by atoms with Crippen molar-refractivity contribution in [3.8, 4) is 0 Å². The van der Waals surface area contributed by atoms with E-state index in [0.29, 0.717) is 11.9 Å². The summed E-state index contributed by atoms with van der Waals surface area (Å²) >= 11 is 0. The van der Waals surface area contributed by atoms with E-state index in [-0.39, 0.29) is 6.04 Å². The van der Waals surface area contributed by atoms with E-state index in [4.69, 9.17) is 0 Å². The summed E-state index contributed by atoms with van der Waals surface area (Å²) in [4.78, 5) is 16.7. The Morgan fingerprint density at radius 1 is 1.13 bits per heavy atom. The first-order chi connectivity index (χ1) is 7.20. The van der Waals surface area contributed by atoms with Gasteiger partial charge in [0.2, 0.25) is 5.91 Å². The standard InChI is InChI=1S/C12H22N2O/c1-10(2)14-9-5-6-11(14)12(15)13-7-3-4-8-13/h10-11H,3-9H2,1-2H3. The van der Waals surface area contributed by atoms with Gasteiger partial charge in [0.15, 0.2) is 0 Å². The van der Waals surface area contributed by atoms with Crippen LogP contribution in [0.3, 0.4) is 0 Å². The van der Waals surface area contributed by atoms with Crippen LogP contribution in [0.15, 0.2) is 0 Å². The monoisotopic (exact) mass is 210 g/mol. The lowest BCUT2D eigenvalue weighted by Gasteiger charge is -2.30. The summed E-state index contributed by atoms with van der Waals surface area (Å²) in [6, 6.07) is 0.687. The molecule has 3 nitrogen and oxygen atoms in total. The first kappa shape index (κ1) is 10.9. The van der Waals surface area contributed by atoms with Crippen molar-refractivity contribution in [3.63, 3.8) is 0 Å². The fourth-order valence-electron chi connectivity index (χ4n) is 2.82. The van der Waals surface area contributed by atoms with Crippen LogP contribution in [0, 0.1) is 0 Å². The van der Waals surface area contributed by atoms with E-state index in [1.54, 1.807) is 0 Å². The summed E-state index contributed by atoms with van der Waals surface area (Å²) in [7, 11) is 0. The quantitative estimate of drug-likeness (QED) is 0.689. The molecule has 2 heterocycles. The Kier molecular flexibility index (Phi) is 3.29. The molecule has 1 unspecified atom stereocenters. The van der Waals surface area contributed by atoms with Crippen molar-refractivity contribution in [1.29, 1.82) is 0 Å². The molecule has 0 aliphatic carbocycles. The average Bonchev–Trinajstić information content (AvgIpc) is 2.88. The fourth-order valence-corrected chi connectivity index (χ4v) is 2.82. The number of carbonyl (C=O) groups is 1. The van der Waals surface area contributed by atoms with Crippen molar-refractivity contribution in [3.05, 3.63) is 0 Å². The summed E-state index contributed by atoms with van der Waals surface area (Å²) in [5.41, 5.74) is 0.